The minimum atomic E-state index is -0.417. The Morgan fingerprint density at radius 3 is 2.65 bits per heavy atom. The van der Waals surface area contributed by atoms with Gasteiger partial charge in [0.15, 0.2) is 0 Å². The van der Waals surface area contributed by atoms with Crippen LogP contribution in [0.3, 0.4) is 0 Å². The molecule has 1 aliphatic carbocycles. The highest BCUT2D eigenvalue weighted by atomic mass is 16.5. The highest BCUT2D eigenvalue weighted by molar-refractivity contribution is 5.92. The van der Waals surface area contributed by atoms with E-state index in [9.17, 15) is 4.79 Å². The Balaban J connectivity index is 1.66. The average Bonchev–Trinajstić information content (AvgIpc) is 2.83. The minimum absolute atomic E-state index is 0.305. The molecule has 1 aromatic heterocycles. The molecule has 128 valence electrons. The summed E-state index contributed by atoms with van der Waals surface area (Å²) in [7, 11) is 0. The molecule has 1 aliphatic heterocycles. The maximum Gasteiger partial charge on any atom is 0.269 e. The Bertz CT molecular complexity index is 512. The van der Waals surface area contributed by atoms with Gasteiger partial charge in [0.05, 0.1) is 6.10 Å². The summed E-state index contributed by atoms with van der Waals surface area (Å²) in [5.74, 6) is 1.01. The van der Waals surface area contributed by atoms with Gasteiger partial charge in [-0.05, 0) is 38.5 Å². The highest BCUT2D eigenvalue weighted by Crippen LogP contribution is 2.31. The van der Waals surface area contributed by atoms with Gasteiger partial charge in [0.25, 0.3) is 5.91 Å². The number of aromatic amines is 1. The van der Waals surface area contributed by atoms with Gasteiger partial charge in [-0.3, -0.25) is 4.79 Å². The third kappa shape index (κ3) is 4.34. The molecule has 5 nitrogen and oxygen atoms in total. The lowest BCUT2D eigenvalue weighted by atomic mass is 9.89. The molecule has 1 saturated heterocycles. The van der Waals surface area contributed by atoms with Crippen LogP contribution in [0.15, 0.2) is 0 Å². The second kappa shape index (κ2) is 7.95. The highest BCUT2D eigenvalue weighted by Gasteiger charge is 2.23. The standard InChI is InChI=1S/C18H29N3O2/c19-17(22)16-15(11-10-14-9-5-2-6-12-23-14)20-18(21-16)13-7-3-1-4-8-13/h13-14H,1-12H2,(H2,19,22)(H,20,21). The minimum Gasteiger partial charge on any atom is -0.378 e. The smallest absolute Gasteiger partial charge is 0.269 e. The van der Waals surface area contributed by atoms with E-state index in [2.05, 4.69) is 9.97 Å². The number of amides is 1. The SMILES string of the molecule is NC(=O)c1nc(C2CCCCC2)[nH]c1CCC1CCCCCO1. The van der Waals surface area contributed by atoms with Gasteiger partial charge in [-0.15, -0.1) is 0 Å². The largest absolute Gasteiger partial charge is 0.378 e. The third-order valence-corrected chi connectivity index (χ3v) is 5.26. The van der Waals surface area contributed by atoms with E-state index in [1.54, 1.807) is 0 Å². The van der Waals surface area contributed by atoms with E-state index in [0.717, 1.165) is 50.2 Å². The maximum absolute atomic E-state index is 11.7. The lowest BCUT2D eigenvalue weighted by Gasteiger charge is -2.19. The third-order valence-electron chi connectivity index (χ3n) is 5.26. The van der Waals surface area contributed by atoms with Crippen molar-refractivity contribution in [2.45, 2.75) is 82.7 Å². The van der Waals surface area contributed by atoms with Crippen molar-refractivity contribution in [2.75, 3.05) is 6.61 Å². The van der Waals surface area contributed by atoms with Crippen LogP contribution in [-0.4, -0.2) is 28.6 Å². The number of nitrogens with zero attached hydrogens (tertiary/aromatic N) is 1. The summed E-state index contributed by atoms with van der Waals surface area (Å²) in [6.07, 6.45) is 13.0. The van der Waals surface area contributed by atoms with Crippen LogP contribution in [0, 0.1) is 0 Å². The predicted molar refractivity (Wildman–Crippen MR) is 89.5 cm³/mol. The second-order valence-electron chi connectivity index (χ2n) is 7.03. The molecular formula is C18H29N3O2. The summed E-state index contributed by atoms with van der Waals surface area (Å²) < 4.78 is 5.90. The number of aryl methyl sites for hydroxylation is 1. The predicted octanol–water partition coefficient (Wildman–Crippen LogP) is 3.45. The Morgan fingerprint density at radius 2 is 1.87 bits per heavy atom. The number of nitrogens with two attached hydrogens (primary N) is 1. The first-order chi connectivity index (χ1) is 11.2. The molecule has 0 spiro atoms. The molecule has 1 unspecified atom stereocenters. The van der Waals surface area contributed by atoms with Crippen LogP contribution < -0.4 is 5.73 Å². The van der Waals surface area contributed by atoms with Gasteiger partial charge in [-0.1, -0.05) is 32.1 Å². The zero-order valence-electron chi connectivity index (χ0n) is 14.0. The second-order valence-corrected chi connectivity index (χ2v) is 7.03. The zero-order chi connectivity index (χ0) is 16.1. The van der Waals surface area contributed by atoms with E-state index >= 15 is 0 Å². The molecule has 0 bridgehead atoms. The van der Waals surface area contributed by atoms with Crippen LogP contribution in [0.25, 0.3) is 0 Å². The van der Waals surface area contributed by atoms with E-state index in [1.165, 1.54) is 38.5 Å². The molecule has 2 heterocycles. The lowest BCUT2D eigenvalue weighted by molar-refractivity contribution is 0.0529. The number of carbonyl (C=O) groups is 1. The number of primary amides is 1. The molecule has 5 heteroatoms. The molecule has 1 amide bonds. The van der Waals surface area contributed by atoms with Gasteiger partial charge >= 0.3 is 0 Å². The molecular weight excluding hydrogens is 290 g/mol. The number of carbonyl (C=O) groups excluding carboxylic acids is 1. The monoisotopic (exact) mass is 319 g/mol. The van der Waals surface area contributed by atoms with Crippen molar-refractivity contribution >= 4 is 5.91 Å². The van der Waals surface area contributed by atoms with E-state index in [4.69, 9.17) is 10.5 Å². The number of H-pyrrole nitrogens is 1. The number of hydrogen-bond donors (Lipinski definition) is 2. The molecule has 3 rings (SSSR count). The Kier molecular flexibility index (Phi) is 5.70. The van der Waals surface area contributed by atoms with Gasteiger partial charge in [0.1, 0.15) is 11.5 Å². The van der Waals surface area contributed by atoms with Crippen molar-refractivity contribution in [3.63, 3.8) is 0 Å². The van der Waals surface area contributed by atoms with Gasteiger partial charge in [0.2, 0.25) is 0 Å². The van der Waals surface area contributed by atoms with Crippen molar-refractivity contribution in [1.29, 1.82) is 0 Å². The average molecular weight is 319 g/mol. The number of hydrogen-bond acceptors (Lipinski definition) is 3. The summed E-state index contributed by atoms with van der Waals surface area (Å²) in [5.41, 5.74) is 6.89. The van der Waals surface area contributed by atoms with E-state index in [-0.39, 0.29) is 0 Å². The van der Waals surface area contributed by atoms with Crippen LogP contribution in [0.1, 0.15) is 92.1 Å². The number of imidazole rings is 1. The summed E-state index contributed by atoms with van der Waals surface area (Å²) >= 11 is 0. The maximum atomic E-state index is 11.7. The summed E-state index contributed by atoms with van der Waals surface area (Å²) in [6, 6.07) is 0. The number of rotatable bonds is 5. The van der Waals surface area contributed by atoms with E-state index in [0.29, 0.717) is 17.7 Å². The first-order valence-electron chi connectivity index (χ1n) is 9.24. The topological polar surface area (TPSA) is 81.0 Å². The Labute approximate surface area is 138 Å². The number of ether oxygens (including phenoxy) is 1. The van der Waals surface area contributed by atoms with Gasteiger partial charge in [-0.25, -0.2) is 4.98 Å². The fourth-order valence-electron chi connectivity index (χ4n) is 3.90. The zero-order valence-corrected chi connectivity index (χ0v) is 14.0. The normalized spacial score (nSPS) is 23.6. The number of aromatic nitrogens is 2. The molecule has 1 saturated carbocycles. The molecule has 0 radical (unpaired) electrons. The van der Waals surface area contributed by atoms with Gasteiger partial charge in [0, 0.05) is 18.2 Å². The molecule has 1 atom stereocenters. The molecule has 3 N–H and O–H groups in total. The van der Waals surface area contributed by atoms with Gasteiger partial charge in [-0.2, -0.15) is 0 Å². The van der Waals surface area contributed by atoms with E-state index in [1.807, 2.05) is 0 Å². The first kappa shape index (κ1) is 16.5. The molecule has 2 fully saturated rings. The van der Waals surface area contributed by atoms with Crippen molar-refractivity contribution < 1.29 is 9.53 Å². The van der Waals surface area contributed by atoms with Crippen LogP contribution in [0.4, 0.5) is 0 Å². The first-order valence-corrected chi connectivity index (χ1v) is 9.24. The molecule has 1 aromatic rings. The number of nitrogens with one attached hydrogen (secondary N) is 1. The summed E-state index contributed by atoms with van der Waals surface area (Å²) in [4.78, 5) is 19.7. The summed E-state index contributed by atoms with van der Waals surface area (Å²) in [6.45, 7) is 0.865. The van der Waals surface area contributed by atoms with Crippen molar-refractivity contribution in [3.05, 3.63) is 17.2 Å². The summed E-state index contributed by atoms with van der Waals surface area (Å²) in [5, 5.41) is 0. The van der Waals surface area contributed by atoms with Crippen molar-refractivity contribution in [1.82, 2.24) is 9.97 Å². The Morgan fingerprint density at radius 1 is 1.13 bits per heavy atom. The fraction of sp³-hybridized carbons (Fsp3) is 0.778. The molecule has 23 heavy (non-hydrogen) atoms. The quantitative estimate of drug-likeness (QED) is 0.872. The Hall–Kier alpha value is -1.36. The van der Waals surface area contributed by atoms with E-state index < -0.39 is 5.91 Å². The van der Waals surface area contributed by atoms with Crippen LogP contribution >= 0.6 is 0 Å². The van der Waals surface area contributed by atoms with Crippen LogP contribution in [0.5, 0.6) is 0 Å². The van der Waals surface area contributed by atoms with Crippen LogP contribution in [0.2, 0.25) is 0 Å². The fourth-order valence-corrected chi connectivity index (χ4v) is 3.90. The van der Waals surface area contributed by atoms with Crippen molar-refractivity contribution in [3.8, 4) is 0 Å². The lowest BCUT2D eigenvalue weighted by Crippen LogP contribution is -2.16. The van der Waals surface area contributed by atoms with Gasteiger partial charge < -0.3 is 15.5 Å². The van der Waals surface area contributed by atoms with Crippen molar-refractivity contribution in [2.24, 2.45) is 5.73 Å². The molecule has 0 aromatic carbocycles. The van der Waals surface area contributed by atoms with Crippen LogP contribution in [-0.2, 0) is 11.2 Å². The molecule has 2 aliphatic rings.